The first-order valence-corrected chi connectivity index (χ1v) is 6.12. The highest BCUT2D eigenvalue weighted by Crippen LogP contribution is 2.37. The van der Waals surface area contributed by atoms with Crippen LogP contribution in [0, 0.1) is 11.8 Å². The summed E-state index contributed by atoms with van der Waals surface area (Å²) in [5.41, 5.74) is 0. The van der Waals surface area contributed by atoms with Gasteiger partial charge in [0.2, 0.25) is 5.92 Å². The molecule has 0 aromatic carbocycles. The van der Waals surface area contributed by atoms with Crippen LogP contribution in [0.2, 0.25) is 0 Å². The molecule has 2 amide bonds. The second-order valence-corrected chi connectivity index (χ2v) is 5.05. The highest BCUT2D eigenvalue weighted by molar-refractivity contribution is 5.77. The molecule has 10 heteroatoms. The van der Waals surface area contributed by atoms with Crippen molar-refractivity contribution in [3.63, 3.8) is 0 Å². The summed E-state index contributed by atoms with van der Waals surface area (Å²) in [6.45, 7) is -1.16. The van der Waals surface area contributed by atoms with E-state index in [2.05, 4.69) is 5.32 Å². The van der Waals surface area contributed by atoms with Crippen molar-refractivity contribution in [2.75, 3.05) is 19.6 Å². The highest BCUT2D eigenvalue weighted by Gasteiger charge is 2.53. The normalized spacial score (nSPS) is 23.2. The summed E-state index contributed by atoms with van der Waals surface area (Å²) in [4.78, 5) is 23.1. The molecule has 0 spiro atoms. The molecular formula is C11H15F5N2O3. The number of hydrogen-bond donors (Lipinski definition) is 2. The molecule has 5 nitrogen and oxygen atoms in total. The van der Waals surface area contributed by atoms with E-state index >= 15 is 0 Å². The number of rotatable bonds is 4. The van der Waals surface area contributed by atoms with E-state index in [0.717, 1.165) is 0 Å². The summed E-state index contributed by atoms with van der Waals surface area (Å²) in [5, 5.41) is 10.8. The van der Waals surface area contributed by atoms with Crippen LogP contribution in [0.15, 0.2) is 0 Å². The molecule has 2 N–H and O–H groups in total. The van der Waals surface area contributed by atoms with E-state index in [9.17, 15) is 31.5 Å². The second-order valence-electron chi connectivity index (χ2n) is 5.05. The minimum absolute atomic E-state index is 0.409. The summed E-state index contributed by atoms with van der Waals surface area (Å²) >= 11 is 0. The fourth-order valence-corrected chi connectivity index (χ4v) is 2.05. The molecule has 0 bridgehead atoms. The first-order valence-electron chi connectivity index (χ1n) is 6.12. The van der Waals surface area contributed by atoms with Gasteiger partial charge in [0.15, 0.2) is 0 Å². The van der Waals surface area contributed by atoms with Gasteiger partial charge in [-0.25, -0.2) is 13.6 Å². The van der Waals surface area contributed by atoms with Gasteiger partial charge in [0, 0.05) is 26.1 Å². The number of nitrogens with zero attached hydrogens (tertiary/aromatic N) is 1. The maximum atomic E-state index is 12.7. The number of carboxylic acids is 1. The smallest absolute Gasteiger partial charge is 0.394 e. The molecule has 0 aliphatic carbocycles. The van der Waals surface area contributed by atoms with Crippen LogP contribution < -0.4 is 5.32 Å². The van der Waals surface area contributed by atoms with Gasteiger partial charge < -0.3 is 15.3 Å². The Bertz CT molecular complexity index is 408. The van der Waals surface area contributed by atoms with Gasteiger partial charge in [-0.1, -0.05) is 0 Å². The summed E-state index contributed by atoms with van der Waals surface area (Å²) in [7, 11) is 0. The van der Waals surface area contributed by atoms with Crippen LogP contribution in [-0.4, -0.2) is 53.7 Å². The lowest BCUT2D eigenvalue weighted by molar-refractivity contribution is -0.187. The third-order valence-electron chi connectivity index (χ3n) is 3.18. The SMILES string of the molecule is CC(F)(F)CCNC(=O)N1C[C@@H](C(F)(F)F)[C@H](C(=O)O)C1. The summed E-state index contributed by atoms with van der Waals surface area (Å²) in [6.07, 6.45) is -5.40. The van der Waals surface area contributed by atoms with E-state index in [0.29, 0.717) is 11.8 Å². The molecule has 1 aliphatic rings. The van der Waals surface area contributed by atoms with Crippen LogP contribution in [0.3, 0.4) is 0 Å². The van der Waals surface area contributed by atoms with E-state index in [-0.39, 0.29) is 0 Å². The molecule has 1 rings (SSSR count). The van der Waals surface area contributed by atoms with Crippen LogP contribution in [0.25, 0.3) is 0 Å². The van der Waals surface area contributed by atoms with Gasteiger partial charge in [0.05, 0.1) is 11.8 Å². The van der Waals surface area contributed by atoms with Gasteiger partial charge in [-0.3, -0.25) is 4.79 Å². The van der Waals surface area contributed by atoms with Crippen molar-refractivity contribution < 1.29 is 36.6 Å². The average molecular weight is 318 g/mol. The van der Waals surface area contributed by atoms with Crippen LogP contribution in [-0.2, 0) is 4.79 Å². The number of halogens is 5. The second kappa shape index (κ2) is 6.02. The Hall–Kier alpha value is -1.61. The van der Waals surface area contributed by atoms with E-state index in [1.165, 1.54) is 0 Å². The third kappa shape index (κ3) is 5.01. The number of amides is 2. The Morgan fingerprint density at radius 1 is 1.24 bits per heavy atom. The number of hydrogen-bond acceptors (Lipinski definition) is 2. The Kier molecular flexibility index (Phi) is 5.00. The van der Waals surface area contributed by atoms with Crippen molar-refractivity contribution in [3.05, 3.63) is 0 Å². The Labute approximate surface area is 117 Å². The number of alkyl halides is 5. The Morgan fingerprint density at radius 2 is 1.81 bits per heavy atom. The van der Waals surface area contributed by atoms with E-state index in [4.69, 9.17) is 5.11 Å². The molecule has 1 fully saturated rings. The van der Waals surface area contributed by atoms with Crippen molar-refractivity contribution >= 4 is 12.0 Å². The molecule has 0 radical (unpaired) electrons. The first-order chi connectivity index (χ1) is 9.42. The molecule has 122 valence electrons. The first kappa shape index (κ1) is 17.4. The summed E-state index contributed by atoms with van der Waals surface area (Å²) < 4.78 is 63.2. The monoisotopic (exact) mass is 318 g/mol. The van der Waals surface area contributed by atoms with Crippen LogP contribution in [0.5, 0.6) is 0 Å². The van der Waals surface area contributed by atoms with Gasteiger partial charge in [0.25, 0.3) is 0 Å². The van der Waals surface area contributed by atoms with Crippen LogP contribution in [0.1, 0.15) is 13.3 Å². The fourth-order valence-electron chi connectivity index (χ4n) is 2.05. The number of nitrogens with one attached hydrogen (secondary N) is 1. The lowest BCUT2D eigenvalue weighted by Gasteiger charge is -2.19. The maximum Gasteiger partial charge on any atom is 0.394 e. The molecule has 0 unspecified atom stereocenters. The van der Waals surface area contributed by atoms with Crippen molar-refractivity contribution in [2.45, 2.75) is 25.4 Å². The molecular weight excluding hydrogens is 303 g/mol. The van der Waals surface area contributed by atoms with Crippen molar-refractivity contribution in [2.24, 2.45) is 11.8 Å². The molecule has 0 aromatic heterocycles. The fraction of sp³-hybridized carbons (Fsp3) is 0.818. The molecule has 1 heterocycles. The minimum atomic E-state index is -4.74. The Balaban J connectivity index is 2.61. The Morgan fingerprint density at radius 3 is 2.19 bits per heavy atom. The zero-order valence-electron chi connectivity index (χ0n) is 11.1. The maximum absolute atomic E-state index is 12.7. The van der Waals surface area contributed by atoms with Gasteiger partial charge in [-0.15, -0.1) is 0 Å². The van der Waals surface area contributed by atoms with Gasteiger partial charge in [0.1, 0.15) is 0 Å². The third-order valence-corrected chi connectivity index (χ3v) is 3.18. The predicted molar refractivity (Wildman–Crippen MR) is 60.9 cm³/mol. The lowest BCUT2D eigenvalue weighted by atomic mass is 9.96. The summed E-state index contributed by atoms with van der Waals surface area (Å²) in [5.74, 6) is -8.56. The van der Waals surface area contributed by atoms with Crippen LogP contribution in [0.4, 0.5) is 26.7 Å². The number of aliphatic carboxylic acids is 1. The number of carboxylic acid groups (broad SMARTS) is 1. The highest BCUT2D eigenvalue weighted by atomic mass is 19.4. The number of carbonyl (C=O) groups is 2. The lowest BCUT2D eigenvalue weighted by Crippen LogP contribution is -2.40. The average Bonchev–Trinajstić information content (AvgIpc) is 2.71. The molecule has 1 saturated heterocycles. The zero-order chi connectivity index (χ0) is 16.4. The minimum Gasteiger partial charge on any atom is -0.481 e. The largest absolute Gasteiger partial charge is 0.481 e. The molecule has 1 aliphatic heterocycles. The number of likely N-dealkylation sites (tertiary alicyclic amines) is 1. The summed E-state index contributed by atoms with van der Waals surface area (Å²) in [6, 6.07) is -0.975. The van der Waals surface area contributed by atoms with Crippen LogP contribution >= 0.6 is 0 Å². The molecule has 21 heavy (non-hydrogen) atoms. The van der Waals surface area contributed by atoms with Gasteiger partial charge in [-0.05, 0) is 6.92 Å². The van der Waals surface area contributed by atoms with Crippen molar-refractivity contribution in [1.82, 2.24) is 10.2 Å². The number of carbonyl (C=O) groups excluding carboxylic acids is 1. The molecule has 2 atom stereocenters. The van der Waals surface area contributed by atoms with Gasteiger partial charge >= 0.3 is 18.2 Å². The van der Waals surface area contributed by atoms with Crippen molar-refractivity contribution in [3.8, 4) is 0 Å². The van der Waals surface area contributed by atoms with Crippen molar-refractivity contribution in [1.29, 1.82) is 0 Å². The molecule has 0 aromatic rings. The van der Waals surface area contributed by atoms with Gasteiger partial charge in [-0.2, -0.15) is 13.2 Å². The van der Waals surface area contributed by atoms with E-state index in [1.54, 1.807) is 0 Å². The molecule has 0 saturated carbocycles. The predicted octanol–water partition coefficient (Wildman–Crippen LogP) is 1.94. The number of urea groups is 1. The van der Waals surface area contributed by atoms with E-state index < -0.39 is 62.0 Å². The quantitative estimate of drug-likeness (QED) is 0.778. The zero-order valence-corrected chi connectivity index (χ0v) is 11.1. The topological polar surface area (TPSA) is 69.6 Å². The standard InChI is InChI=1S/C11H15F5N2O3/c1-10(12,13)2-3-17-9(21)18-4-6(8(19)20)7(5-18)11(14,15)16/h6-7H,2-5H2,1H3,(H,17,21)(H,19,20)/t6-,7-/m1/s1. The van der Waals surface area contributed by atoms with E-state index in [1.807, 2.05) is 0 Å².